The quantitative estimate of drug-likeness (QED) is 0.00513. The van der Waals surface area contributed by atoms with Gasteiger partial charge in [0.25, 0.3) is 22.3 Å². The number of carbonyl (C=O) groups is 4. The van der Waals surface area contributed by atoms with Gasteiger partial charge in [-0.3, -0.25) is 45.3 Å². The first-order chi connectivity index (χ1) is 53.3. The zero-order valence-electron chi connectivity index (χ0n) is 62.1. The van der Waals surface area contributed by atoms with Gasteiger partial charge in [-0.15, -0.1) is 10.1 Å². The highest BCUT2D eigenvalue weighted by atomic mass is 17.2. The molecule has 0 bridgehead atoms. The molecule has 0 unspecified atom stereocenters. The molecule has 0 spiro atoms. The van der Waals surface area contributed by atoms with Crippen molar-refractivity contribution in [2.45, 2.75) is 76.2 Å². The average molecular weight is 1590 g/mol. The summed E-state index contributed by atoms with van der Waals surface area (Å²) in [7, 11) is 3.54. The van der Waals surface area contributed by atoms with Crippen molar-refractivity contribution < 1.29 is 140 Å². The van der Waals surface area contributed by atoms with Crippen molar-refractivity contribution >= 4 is 90.5 Å². The number of carboxylic acid groups (broad SMARTS) is 1. The van der Waals surface area contributed by atoms with Crippen molar-refractivity contribution in [1.29, 1.82) is 0 Å². The van der Waals surface area contributed by atoms with E-state index in [1.807, 2.05) is 13.8 Å². The van der Waals surface area contributed by atoms with Crippen molar-refractivity contribution in [2.24, 2.45) is 0 Å². The number of carboxylic acids is 1. The van der Waals surface area contributed by atoms with E-state index in [-0.39, 0.29) is 81.4 Å². The predicted molar refractivity (Wildman–Crippen MR) is 388 cm³/mol. The number of benzene rings is 5. The number of ether oxygens (including phenoxy) is 7. The van der Waals surface area contributed by atoms with Crippen molar-refractivity contribution in [3.8, 4) is 46.5 Å². The van der Waals surface area contributed by atoms with Crippen molar-refractivity contribution in [3.05, 3.63) is 221 Å². The molecule has 9 aromatic rings. The molecule has 0 saturated heterocycles. The minimum atomic E-state index is -1.62. The summed E-state index contributed by atoms with van der Waals surface area (Å²) in [5.41, 5.74) is -6.95. The highest BCUT2D eigenvalue weighted by Gasteiger charge is 2.38. The number of phenols is 3. The van der Waals surface area contributed by atoms with E-state index in [9.17, 15) is 83.9 Å². The lowest BCUT2D eigenvalue weighted by Crippen LogP contribution is -2.17. The molecule has 43 heteroatoms. The molecule has 0 atom stereocenters. The molecule has 4 aromatic heterocycles. The number of allylic oxidation sites excluding steroid dienone is 1. The van der Waals surface area contributed by atoms with Crippen LogP contribution in [0.5, 0.6) is 34.5 Å². The number of aromatic carboxylic acids is 1. The molecule has 0 radical (unpaired) electrons. The van der Waals surface area contributed by atoms with Crippen LogP contribution >= 0.6 is 0 Å². The van der Waals surface area contributed by atoms with Gasteiger partial charge >= 0.3 is 69.1 Å². The summed E-state index contributed by atoms with van der Waals surface area (Å²) in [5.74, 6) is -1.79. The fourth-order valence-electron chi connectivity index (χ4n) is 9.35. The second kappa shape index (κ2) is 43.7. The molecule has 113 heavy (non-hydrogen) atoms. The van der Waals surface area contributed by atoms with E-state index in [2.05, 4.69) is 21.8 Å². The maximum Gasteiger partial charge on any atom is 0.361 e. The zero-order valence-corrected chi connectivity index (χ0v) is 62.1. The van der Waals surface area contributed by atoms with Crippen molar-refractivity contribution in [2.75, 3.05) is 61.0 Å². The molecule has 5 aromatic carbocycles. The first-order valence-electron chi connectivity index (χ1n) is 32.1. The Morgan fingerprint density at radius 1 is 0.460 bits per heavy atom. The lowest BCUT2D eigenvalue weighted by molar-refractivity contribution is -0.742. The summed E-state index contributed by atoms with van der Waals surface area (Å²) in [6, 6.07) is 15.4. The van der Waals surface area contributed by atoms with Crippen molar-refractivity contribution in [3.63, 3.8) is 0 Å². The molecule has 604 valence electrons. The molecular weight excluding hydrogens is 1520 g/mol. The number of aryl methyl sites for hydroxylation is 5. The molecule has 0 aliphatic carbocycles. The van der Waals surface area contributed by atoms with Gasteiger partial charge in [0.15, 0.2) is 6.11 Å². The van der Waals surface area contributed by atoms with Crippen LogP contribution in [-0.2, 0) is 38.5 Å². The number of carbonyl (C=O) groups excluding carboxylic acids is 3. The number of fused-ring (bicyclic) bond motifs is 4. The van der Waals surface area contributed by atoms with E-state index in [0.29, 0.717) is 47.5 Å². The van der Waals surface area contributed by atoms with Crippen LogP contribution in [0.4, 0.5) is 22.7 Å². The van der Waals surface area contributed by atoms with E-state index in [1.165, 1.54) is 64.5 Å². The minimum absolute atomic E-state index is 0.00651. The Hall–Kier alpha value is -15.0. The lowest BCUT2D eigenvalue weighted by atomic mass is 10.0. The third-order valence-electron chi connectivity index (χ3n) is 13.9. The van der Waals surface area contributed by atoms with Gasteiger partial charge in [-0.2, -0.15) is 9.78 Å². The maximum atomic E-state index is 12.0. The maximum absolute atomic E-state index is 12.0. The van der Waals surface area contributed by atoms with E-state index in [4.69, 9.17) is 91.2 Å². The molecule has 0 fully saturated rings. The van der Waals surface area contributed by atoms with Crippen molar-refractivity contribution in [1.82, 2.24) is 0 Å². The summed E-state index contributed by atoms with van der Waals surface area (Å²) in [6.45, 7) is 19.9. The fraction of sp³-hybridized carbons (Fsp3) is 0.286. The largest absolute Gasteiger partial charge is 0.508 e. The summed E-state index contributed by atoms with van der Waals surface area (Å²) in [5, 5.41) is 95.7. The summed E-state index contributed by atoms with van der Waals surface area (Å²) in [4.78, 5) is 161. The van der Waals surface area contributed by atoms with Gasteiger partial charge in [-0.1, -0.05) is 0 Å². The van der Waals surface area contributed by atoms with Gasteiger partial charge in [-0.25, -0.2) is 38.4 Å². The number of hydrogen-bond acceptors (Lipinski definition) is 36. The number of nitro groups is 4. The minimum Gasteiger partial charge on any atom is -0.508 e. The van der Waals surface area contributed by atoms with Crippen LogP contribution in [-0.4, -0.2) is 135 Å². The Kier molecular flexibility index (Phi) is 35.7. The Morgan fingerprint density at radius 2 is 0.832 bits per heavy atom. The summed E-state index contributed by atoms with van der Waals surface area (Å²) < 4.78 is 53.7. The molecule has 0 saturated carbocycles. The molecule has 0 aliphatic rings. The Balaban J connectivity index is 0.000000354. The van der Waals surface area contributed by atoms with Crippen LogP contribution in [0.3, 0.4) is 0 Å². The zero-order chi connectivity index (χ0) is 85.4. The molecule has 4 heterocycles. The Bertz CT molecular complexity index is 5360. The first-order valence-corrected chi connectivity index (χ1v) is 32.1. The number of methoxy groups -OCH3 is 3. The van der Waals surface area contributed by atoms with E-state index in [1.54, 1.807) is 65.8 Å². The number of phenolic OH excluding ortho intramolecular Hbond substituents is 3. The number of rotatable bonds is 21. The summed E-state index contributed by atoms with van der Waals surface area (Å²) in [6.07, 6.45) is 3.62. The highest BCUT2D eigenvalue weighted by molar-refractivity contribution is 6.01. The third kappa shape index (κ3) is 25.3. The van der Waals surface area contributed by atoms with Crippen LogP contribution in [0.1, 0.15) is 111 Å². The molecule has 0 aliphatic heterocycles. The second-order valence-electron chi connectivity index (χ2n) is 21.4. The molecule has 0 amide bonds. The number of aromatic hydroxyl groups is 3. The molecule has 43 nitrogen and oxygen atoms in total. The highest BCUT2D eigenvalue weighted by Crippen LogP contribution is 2.47. The predicted octanol–water partition coefficient (Wildman–Crippen LogP) is 10.8. The van der Waals surface area contributed by atoms with Crippen LogP contribution in [0.2, 0.25) is 0 Å². The van der Waals surface area contributed by atoms with Gasteiger partial charge in [-0.05, 0) is 141 Å². The van der Waals surface area contributed by atoms with E-state index < -0.39 is 128 Å². The number of esters is 3. The average Bonchev–Trinajstić information content (AvgIpc) is 0.747. The number of nitro benzene ring substituents is 4. The van der Waals surface area contributed by atoms with E-state index >= 15 is 0 Å². The van der Waals surface area contributed by atoms with Crippen LogP contribution < -0.4 is 36.7 Å². The van der Waals surface area contributed by atoms with E-state index in [0.717, 1.165) is 37.5 Å². The van der Waals surface area contributed by atoms with Crippen LogP contribution in [0, 0.1) is 97.2 Å². The Morgan fingerprint density at radius 3 is 1.19 bits per heavy atom. The van der Waals surface area contributed by atoms with Gasteiger partial charge in [0, 0.05) is 56.8 Å². The smallest absolute Gasteiger partial charge is 0.361 e. The topological polar surface area (TPSA) is 608 Å². The molecule has 5 N–H and O–H groups in total. The van der Waals surface area contributed by atoms with Crippen LogP contribution in [0.15, 0.2) is 116 Å². The van der Waals surface area contributed by atoms with Gasteiger partial charge < -0.3 is 81.3 Å². The van der Waals surface area contributed by atoms with Gasteiger partial charge in [0.1, 0.15) is 62.7 Å². The van der Waals surface area contributed by atoms with Crippen LogP contribution in [0.25, 0.3) is 43.9 Å². The Labute approximate surface area is 633 Å². The fourth-order valence-corrected chi connectivity index (χ4v) is 9.35. The first kappa shape index (κ1) is 92.2. The monoisotopic (exact) mass is 1590 g/mol. The standard InChI is InChI=1S/C14H12N2O9.C14H14O5.C13H12O5.C12H8N2O9.C10H16O5.C7H8O2.HNO3/c1-4-24-13(17)8-5-7-6(2)9(15(19)20)12(23-3)10(16(21)22)11(7)25-14(8)18;1-4-18-13(15)11-7-10-8(2)5-9(17-3)6-12(10)19-14(11)16;1-3-17-12(15)10-6-9-7(2)4-8(14)5-11(9)18-13(10)16;1-4-5-3-6(11(15)16)12(17)23-9(5)8(14(20)21)10(22-2)7(4)13(18)19;1-4-11-9-10(15-13-6-3)7-8-14-12-5-2;1-5-2-6(8)4-7(9)3-5;2-1(3)4/h5H,4H2,1-3H3;5-7H,4H2,1-3H3;4-6,14H,3H2,1-2H3;3H,1-2H3,(H,15,16);9H,4-6H2,1-3H3;2-4,8-9H,1H3;(H,2,3,4). The number of hydrogen-bond donors (Lipinski definition) is 5. The number of nitrogens with zero attached hydrogens (tertiary/aromatic N) is 5. The molecular formula is C70H71N5O38. The normalized spacial score (nSPS) is 10.2. The second-order valence-corrected chi connectivity index (χ2v) is 21.4. The third-order valence-corrected chi connectivity index (χ3v) is 13.9. The van der Waals surface area contributed by atoms with Gasteiger partial charge in [0.2, 0.25) is 11.2 Å². The van der Waals surface area contributed by atoms with Gasteiger partial charge in [0.05, 0.1) is 80.7 Å². The summed E-state index contributed by atoms with van der Waals surface area (Å²) >= 11 is 0. The lowest BCUT2D eigenvalue weighted by Gasteiger charge is -2.09. The molecule has 9 rings (SSSR count). The SMILES string of the molecule is CCOC(=O)c1cc2c(C)c([N+](=O)[O-])c(OC)c([N+](=O)[O-])c2oc1=O.CCOC(=O)c1cc2c(C)cc(O)cc2oc1=O.CCOC(=O)c1cc2c(C)cc(OC)cc2oc1=O.CCOC=C(C#COOCC)OOCC.COc1c([N+](=O)[O-])c(C)c2cc(C(=O)O)c(=O)oc2c1[N+](=O)[O-].Cc1cc(O)cc(O)c1.O=[N+]([O-])O.